The van der Waals surface area contributed by atoms with Crippen LogP contribution >= 0.6 is 11.6 Å². The van der Waals surface area contributed by atoms with Crippen molar-refractivity contribution in [2.24, 2.45) is 0 Å². The topological polar surface area (TPSA) is 12.9 Å². The molecule has 0 unspecified atom stereocenters. The summed E-state index contributed by atoms with van der Waals surface area (Å²) in [5.41, 5.74) is 0.889. The Morgan fingerprint density at radius 1 is 1.25 bits per heavy atom. The first-order chi connectivity index (χ1) is 5.38. The SMILES string of the molecule is Clc1c[c-]nc2ccccc12.[W+2]. The van der Waals surface area contributed by atoms with Crippen molar-refractivity contribution >= 4 is 22.5 Å². The van der Waals surface area contributed by atoms with Crippen LogP contribution in [0.25, 0.3) is 10.9 Å². The molecular weight excluding hydrogens is 341 g/mol. The zero-order valence-corrected chi connectivity index (χ0v) is 9.81. The number of halogens is 1. The smallest absolute Gasteiger partial charge is 0.386 e. The average Bonchev–Trinajstić information content (AvgIpc) is 2.06. The van der Waals surface area contributed by atoms with Crippen molar-refractivity contribution in [3.05, 3.63) is 41.6 Å². The van der Waals surface area contributed by atoms with E-state index in [1.165, 1.54) is 0 Å². The predicted molar refractivity (Wildman–Crippen MR) is 45.6 cm³/mol. The van der Waals surface area contributed by atoms with E-state index in [0.29, 0.717) is 5.02 Å². The van der Waals surface area contributed by atoms with Crippen LogP contribution in [0, 0.1) is 6.20 Å². The molecule has 0 aliphatic heterocycles. The van der Waals surface area contributed by atoms with E-state index in [4.69, 9.17) is 11.6 Å². The molecule has 0 spiro atoms. The van der Waals surface area contributed by atoms with Gasteiger partial charge in [-0.3, -0.25) is 0 Å². The zero-order chi connectivity index (χ0) is 7.68. The van der Waals surface area contributed by atoms with Gasteiger partial charge in [0.2, 0.25) is 0 Å². The summed E-state index contributed by atoms with van der Waals surface area (Å²) in [6, 6.07) is 9.40. The number of para-hydroxylation sites is 1. The molecule has 0 amide bonds. The van der Waals surface area contributed by atoms with E-state index in [0.717, 1.165) is 10.9 Å². The molecule has 1 aromatic heterocycles. The van der Waals surface area contributed by atoms with Crippen molar-refractivity contribution in [1.82, 2.24) is 4.98 Å². The minimum atomic E-state index is 0. The van der Waals surface area contributed by atoms with E-state index in [9.17, 15) is 0 Å². The third-order valence-electron chi connectivity index (χ3n) is 1.54. The maximum absolute atomic E-state index is 5.89. The molecule has 0 atom stereocenters. The molecule has 0 N–H and O–H groups in total. The molecule has 0 aliphatic carbocycles. The van der Waals surface area contributed by atoms with Crippen molar-refractivity contribution in [1.29, 1.82) is 0 Å². The van der Waals surface area contributed by atoms with Crippen LogP contribution in [0.2, 0.25) is 5.02 Å². The molecule has 0 saturated carbocycles. The van der Waals surface area contributed by atoms with Crippen LogP contribution in [0.1, 0.15) is 0 Å². The first-order valence-corrected chi connectivity index (χ1v) is 3.67. The molecule has 58 valence electrons. The van der Waals surface area contributed by atoms with Gasteiger partial charge in [0.15, 0.2) is 0 Å². The van der Waals surface area contributed by atoms with Crippen LogP contribution in [0.5, 0.6) is 0 Å². The Bertz CT molecular complexity index is 384. The van der Waals surface area contributed by atoms with E-state index in [2.05, 4.69) is 11.2 Å². The second kappa shape index (κ2) is 4.02. The summed E-state index contributed by atoms with van der Waals surface area (Å²) in [6.07, 6.45) is 2.72. The fourth-order valence-electron chi connectivity index (χ4n) is 1.01. The van der Waals surface area contributed by atoms with Gasteiger partial charge >= 0.3 is 21.1 Å². The Hall–Kier alpha value is -0.392. The molecule has 0 saturated heterocycles. The van der Waals surface area contributed by atoms with Gasteiger partial charge in [0.25, 0.3) is 0 Å². The quantitative estimate of drug-likeness (QED) is 0.669. The fourth-order valence-corrected chi connectivity index (χ4v) is 1.22. The molecule has 0 bridgehead atoms. The molecule has 0 fully saturated rings. The third kappa shape index (κ3) is 1.68. The Balaban J connectivity index is 0.000000720. The molecule has 2 aromatic rings. The van der Waals surface area contributed by atoms with Gasteiger partial charge in [-0.25, -0.2) is 0 Å². The first-order valence-electron chi connectivity index (χ1n) is 3.29. The summed E-state index contributed by atoms with van der Waals surface area (Å²) < 4.78 is 0. The van der Waals surface area contributed by atoms with Crippen LogP contribution < -0.4 is 0 Å². The summed E-state index contributed by atoms with van der Waals surface area (Å²) >= 11 is 5.89. The Labute approximate surface area is 90.0 Å². The maximum atomic E-state index is 5.89. The average molecular weight is 346 g/mol. The molecule has 12 heavy (non-hydrogen) atoms. The number of hydrogen-bond donors (Lipinski definition) is 0. The minimum absolute atomic E-state index is 0. The number of benzene rings is 1. The van der Waals surface area contributed by atoms with Crippen LogP contribution in [0.15, 0.2) is 30.3 Å². The molecule has 1 nitrogen and oxygen atoms in total. The third-order valence-corrected chi connectivity index (χ3v) is 1.85. The molecule has 0 radical (unpaired) electrons. The summed E-state index contributed by atoms with van der Waals surface area (Å²) in [5, 5.41) is 1.68. The van der Waals surface area contributed by atoms with Crippen molar-refractivity contribution in [2.75, 3.05) is 0 Å². The van der Waals surface area contributed by atoms with Gasteiger partial charge in [-0.15, -0.1) is 6.07 Å². The molecule has 1 aromatic carbocycles. The largest absolute Gasteiger partial charge is 2.00 e. The number of fused-ring (bicyclic) bond motifs is 1. The summed E-state index contributed by atoms with van der Waals surface area (Å²) in [6.45, 7) is 0. The van der Waals surface area contributed by atoms with E-state index in [-0.39, 0.29) is 21.1 Å². The van der Waals surface area contributed by atoms with Crippen molar-refractivity contribution in [3.63, 3.8) is 0 Å². The van der Waals surface area contributed by atoms with Gasteiger partial charge in [0, 0.05) is 0 Å². The second-order valence-corrected chi connectivity index (χ2v) is 2.66. The summed E-state index contributed by atoms with van der Waals surface area (Å²) in [5.74, 6) is 0. The zero-order valence-electron chi connectivity index (χ0n) is 6.12. The van der Waals surface area contributed by atoms with Crippen LogP contribution in [-0.4, -0.2) is 4.98 Å². The van der Waals surface area contributed by atoms with E-state index in [1.54, 1.807) is 6.07 Å². The molecule has 1 heterocycles. The number of hydrogen-bond acceptors (Lipinski definition) is 1. The molecular formula is C9H5ClNW+. The van der Waals surface area contributed by atoms with E-state index >= 15 is 0 Å². The number of aromatic nitrogens is 1. The van der Waals surface area contributed by atoms with Crippen LogP contribution in [0.4, 0.5) is 0 Å². The van der Waals surface area contributed by atoms with Gasteiger partial charge in [-0.05, 0) is 5.52 Å². The van der Waals surface area contributed by atoms with Crippen molar-refractivity contribution < 1.29 is 21.1 Å². The second-order valence-electron chi connectivity index (χ2n) is 2.25. The summed E-state index contributed by atoms with van der Waals surface area (Å²) in [7, 11) is 0. The van der Waals surface area contributed by atoms with Gasteiger partial charge in [0.05, 0.1) is 0 Å². The van der Waals surface area contributed by atoms with Crippen molar-refractivity contribution in [3.8, 4) is 0 Å². The molecule has 2 rings (SSSR count). The fraction of sp³-hybridized carbons (Fsp3) is 0. The number of pyridine rings is 1. The first kappa shape index (κ1) is 9.69. The van der Waals surface area contributed by atoms with Gasteiger partial charge < -0.3 is 4.98 Å². The number of nitrogens with zero attached hydrogens (tertiary/aromatic N) is 1. The van der Waals surface area contributed by atoms with Gasteiger partial charge in [-0.2, -0.15) is 11.6 Å². The normalized spacial score (nSPS) is 9.42. The molecule has 3 heteroatoms. The van der Waals surface area contributed by atoms with Crippen LogP contribution in [0.3, 0.4) is 0 Å². The van der Waals surface area contributed by atoms with E-state index in [1.807, 2.05) is 24.3 Å². The Morgan fingerprint density at radius 3 is 2.75 bits per heavy atom. The maximum Gasteiger partial charge on any atom is 2.00 e. The molecule has 0 aliphatic rings. The number of rotatable bonds is 0. The Morgan fingerprint density at radius 2 is 2.00 bits per heavy atom. The van der Waals surface area contributed by atoms with Crippen LogP contribution in [-0.2, 0) is 21.1 Å². The van der Waals surface area contributed by atoms with Gasteiger partial charge in [-0.1, -0.05) is 40.9 Å². The van der Waals surface area contributed by atoms with Crippen molar-refractivity contribution in [2.45, 2.75) is 0 Å². The monoisotopic (exact) mass is 346 g/mol. The Kier molecular flexibility index (Phi) is 3.25. The minimum Gasteiger partial charge on any atom is -0.386 e. The standard InChI is InChI=1S/C9H5ClN.W/c10-8-5-6-11-9-4-2-1-3-7(8)9;/h1-5H;/q-1;+2. The van der Waals surface area contributed by atoms with Gasteiger partial charge in [0.1, 0.15) is 0 Å². The predicted octanol–water partition coefficient (Wildman–Crippen LogP) is 2.69. The summed E-state index contributed by atoms with van der Waals surface area (Å²) in [4.78, 5) is 4.03. The van der Waals surface area contributed by atoms with E-state index < -0.39 is 0 Å².